The van der Waals surface area contributed by atoms with E-state index in [4.69, 9.17) is 16.3 Å². The Labute approximate surface area is 211 Å². The van der Waals surface area contributed by atoms with Crippen molar-refractivity contribution in [2.24, 2.45) is 11.8 Å². The van der Waals surface area contributed by atoms with E-state index in [1.165, 1.54) is 24.1 Å². The standard InChI is InChI=1S/C24H24ClF3N2O5S/c1-35-20-9-6-14(13-30-22(31)17-4-2-3-5-18(17)23(30)32)10-21(20)36(33,34)29-12-15-11-16(24(26,27)28)7-8-19(15)25/h6-11,17-18,29H,2-5,12-13H2,1H3. The van der Waals surface area contributed by atoms with Crippen molar-refractivity contribution in [3.05, 3.63) is 58.1 Å². The molecule has 12 heteroatoms. The molecule has 194 valence electrons. The average molecular weight is 545 g/mol. The van der Waals surface area contributed by atoms with Crippen molar-refractivity contribution in [3.63, 3.8) is 0 Å². The first-order valence-electron chi connectivity index (χ1n) is 11.3. The first-order valence-corrected chi connectivity index (χ1v) is 13.2. The van der Waals surface area contributed by atoms with Crippen LogP contribution in [0.25, 0.3) is 0 Å². The zero-order chi connectivity index (χ0) is 26.3. The predicted octanol–water partition coefficient (Wildman–Crippen LogP) is 4.52. The van der Waals surface area contributed by atoms with Gasteiger partial charge in [0.2, 0.25) is 21.8 Å². The molecule has 1 aliphatic carbocycles. The highest BCUT2D eigenvalue weighted by Crippen LogP contribution is 2.39. The number of benzene rings is 2. The van der Waals surface area contributed by atoms with E-state index in [1.807, 2.05) is 0 Å². The number of nitrogens with zero attached hydrogens (tertiary/aromatic N) is 1. The number of rotatable bonds is 7. The Morgan fingerprint density at radius 1 is 1.06 bits per heavy atom. The highest BCUT2D eigenvalue weighted by Gasteiger charge is 2.48. The molecular weight excluding hydrogens is 521 g/mol. The number of amides is 2. The molecule has 2 aromatic rings. The SMILES string of the molecule is COc1ccc(CN2C(=O)C3CCCCC3C2=O)cc1S(=O)(=O)NCc1cc(C(F)(F)F)ccc1Cl. The third-order valence-electron chi connectivity index (χ3n) is 6.62. The summed E-state index contributed by atoms with van der Waals surface area (Å²) in [5.41, 5.74) is -0.615. The van der Waals surface area contributed by atoms with E-state index in [1.54, 1.807) is 6.07 Å². The average Bonchev–Trinajstić information content (AvgIpc) is 3.08. The summed E-state index contributed by atoms with van der Waals surface area (Å²) in [5.74, 6) is -1.16. The Bertz CT molecular complexity index is 1280. The number of ether oxygens (including phenoxy) is 1. The second-order valence-corrected chi connectivity index (χ2v) is 11.0. The topological polar surface area (TPSA) is 92.8 Å². The number of hydrogen-bond acceptors (Lipinski definition) is 5. The van der Waals surface area contributed by atoms with Gasteiger partial charge in [-0.25, -0.2) is 13.1 Å². The number of nitrogens with one attached hydrogen (secondary N) is 1. The van der Waals surface area contributed by atoms with E-state index in [9.17, 15) is 31.2 Å². The molecule has 2 aromatic carbocycles. The largest absolute Gasteiger partial charge is 0.495 e. The molecule has 1 heterocycles. The molecule has 2 amide bonds. The van der Waals surface area contributed by atoms with Crippen molar-refractivity contribution in [2.45, 2.75) is 49.8 Å². The number of halogens is 4. The van der Waals surface area contributed by atoms with Gasteiger partial charge >= 0.3 is 6.18 Å². The monoisotopic (exact) mass is 544 g/mol. The van der Waals surface area contributed by atoms with Gasteiger partial charge in [-0.05, 0) is 54.3 Å². The Kier molecular flexibility index (Phi) is 7.36. The van der Waals surface area contributed by atoms with Crippen LogP contribution in [0.4, 0.5) is 13.2 Å². The molecule has 2 fully saturated rings. The van der Waals surface area contributed by atoms with Crippen molar-refractivity contribution in [1.29, 1.82) is 0 Å². The van der Waals surface area contributed by atoms with E-state index in [0.29, 0.717) is 18.4 Å². The maximum absolute atomic E-state index is 13.1. The van der Waals surface area contributed by atoms with Crippen LogP contribution in [0.2, 0.25) is 5.02 Å². The van der Waals surface area contributed by atoms with Crippen LogP contribution in [-0.4, -0.2) is 32.2 Å². The number of methoxy groups -OCH3 is 1. The molecular formula is C24H24ClF3N2O5S. The number of carbonyl (C=O) groups is 2. The fourth-order valence-corrected chi connectivity index (χ4v) is 6.14. The minimum atomic E-state index is -4.61. The molecule has 36 heavy (non-hydrogen) atoms. The zero-order valence-electron chi connectivity index (χ0n) is 19.3. The second-order valence-electron chi connectivity index (χ2n) is 8.87. The number of sulfonamides is 1. The van der Waals surface area contributed by atoms with Crippen molar-refractivity contribution in [3.8, 4) is 5.75 Å². The van der Waals surface area contributed by atoms with E-state index < -0.39 is 28.3 Å². The second kappa shape index (κ2) is 10.0. The van der Waals surface area contributed by atoms with Gasteiger partial charge in [-0.2, -0.15) is 13.2 Å². The normalized spacial score (nSPS) is 20.5. The first-order chi connectivity index (χ1) is 16.9. The maximum Gasteiger partial charge on any atom is 0.416 e. The van der Waals surface area contributed by atoms with Gasteiger partial charge < -0.3 is 4.74 Å². The Morgan fingerprint density at radius 2 is 1.69 bits per heavy atom. The lowest BCUT2D eigenvalue weighted by molar-refractivity contribution is -0.141. The molecule has 0 spiro atoms. The van der Waals surface area contributed by atoms with E-state index in [0.717, 1.165) is 31.0 Å². The van der Waals surface area contributed by atoms with Gasteiger partial charge in [-0.1, -0.05) is 30.5 Å². The molecule has 1 N–H and O–H groups in total. The summed E-state index contributed by atoms with van der Waals surface area (Å²) < 4.78 is 72.8. The van der Waals surface area contributed by atoms with Crippen LogP contribution in [-0.2, 0) is 38.9 Å². The van der Waals surface area contributed by atoms with Crippen LogP contribution in [0.3, 0.4) is 0 Å². The molecule has 2 aliphatic rings. The minimum absolute atomic E-state index is 0.00543. The third kappa shape index (κ3) is 5.23. The lowest BCUT2D eigenvalue weighted by atomic mass is 9.81. The highest BCUT2D eigenvalue weighted by atomic mass is 35.5. The summed E-state index contributed by atoms with van der Waals surface area (Å²) in [6, 6.07) is 6.89. The summed E-state index contributed by atoms with van der Waals surface area (Å²) in [7, 11) is -3.00. The van der Waals surface area contributed by atoms with E-state index in [-0.39, 0.29) is 51.4 Å². The summed E-state index contributed by atoms with van der Waals surface area (Å²) >= 11 is 5.98. The highest BCUT2D eigenvalue weighted by molar-refractivity contribution is 7.89. The van der Waals surface area contributed by atoms with Crippen LogP contribution in [0.15, 0.2) is 41.3 Å². The first kappa shape index (κ1) is 26.4. The van der Waals surface area contributed by atoms with Gasteiger partial charge in [0.05, 0.1) is 31.1 Å². The molecule has 1 aliphatic heterocycles. The Morgan fingerprint density at radius 3 is 2.28 bits per heavy atom. The predicted molar refractivity (Wildman–Crippen MR) is 124 cm³/mol. The van der Waals surface area contributed by atoms with Gasteiger partial charge in [0, 0.05) is 11.6 Å². The van der Waals surface area contributed by atoms with Crippen molar-refractivity contribution >= 4 is 33.4 Å². The molecule has 2 unspecified atom stereocenters. The molecule has 7 nitrogen and oxygen atoms in total. The number of fused-ring (bicyclic) bond motifs is 1. The van der Waals surface area contributed by atoms with Crippen molar-refractivity contribution < 1.29 is 35.9 Å². The van der Waals surface area contributed by atoms with E-state index >= 15 is 0 Å². The molecule has 1 saturated carbocycles. The summed E-state index contributed by atoms with van der Waals surface area (Å²) in [6.45, 7) is -0.582. The molecule has 1 saturated heterocycles. The Balaban J connectivity index is 1.56. The lowest BCUT2D eigenvalue weighted by Crippen LogP contribution is -2.30. The quantitative estimate of drug-likeness (QED) is 0.517. The third-order valence-corrected chi connectivity index (χ3v) is 8.41. The van der Waals surface area contributed by atoms with Crippen LogP contribution < -0.4 is 9.46 Å². The molecule has 2 atom stereocenters. The van der Waals surface area contributed by atoms with Gasteiger partial charge in [-0.15, -0.1) is 0 Å². The molecule has 0 aromatic heterocycles. The summed E-state index contributed by atoms with van der Waals surface area (Å²) in [4.78, 5) is 26.5. The van der Waals surface area contributed by atoms with Gasteiger partial charge in [0.1, 0.15) is 10.6 Å². The summed E-state index contributed by atoms with van der Waals surface area (Å²) in [5, 5.41) is -0.0288. The van der Waals surface area contributed by atoms with Crippen LogP contribution in [0.5, 0.6) is 5.75 Å². The smallest absolute Gasteiger partial charge is 0.416 e. The fraction of sp³-hybridized carbons (Fsp3) is 0.417. The summed E-state index contributed by atoms with van der Waals surface area (Å²) in [6.07, 6.45) is -1.51. The van der Waals surface area contributed by atoms with Crippen LogP contribution in [0, 0.1) is 11.8 Å². The lowest BCUT2D eigenvalue weighted by Gasteiger charge is -2.19. The number of imide groups is 1. The maximum atomic E-state index is 13.1. The number of carbonyl (C=O) groups excluding carboxylic acids is 2. The fourth-order valence-electron chi connectivity index (χ4n) is 4.74. The molecule has 4 rings (SSSR count). The van der Waals surface area contributed by atoms with E-state index in [2.05, 4.69) is 4.72 Å². The van der Waals surface area contributed by atoms with Gasteiger partial charge in [0.25, 0.3) is 0 Å². The van der Waals surface area contributed by atoms with Gasteiger partial charge in [0.15, 0.2) is 0 Å². The Hall–Kier alpha value is -2.63. The van der Waals surface area contributed by atoms with Gasteiger partial charge in [-0.3, -0.25) is 14.5 Å². The van der Waals surface area contributed by atoms with Crippen LogP contribution >= 0.6 is 11.6 Å². The van der Waals surface area contributed by atoms with Crippen LogP contribution in [0.1, 0.15) is 42.4 Å². The number of likely N-dealkylation sites (tertiary alicyclic amines) is 1. The van der Waals surface area contributed by atoms with Crippen molar-refractivity contribution in [2.75, 3.05) is 7.11 Å². The minimum Gasteiger partial charge on any atom is -0.495 e. The molecule has 0 bridgehead atoms. The van der Waals surface area contributed by atoms with Crippen molar-refractivity contribution in [1.82, 2.24) is 9.62 Å². The number of alkyl halides is 3. The molecule has 0 radical (unpaired) electrons. The number of hydrogen-bond donors (Lipinski definition) is 1. The zero-order valence-corrected chi connectivity index (χ0v) is 20.8.